The van der Waals surface area contributed by atoms with Crippen LogP contribution in [-0.2, 0) is 14.6 Å². The average Bonchev–Trinajstić information content (AvgIpc) is 2.34. The zero-order chi connectivity index (χ0) is 15.2. The van der Waals surface area contributed by atoms with Crippen molar-refractivity contribution in [2.75, 3.05) is 12.0 Å². The maximum atomic E-state index is 11.5. The van der Waals surface area contributed by atoms with Crippen molar-refractivity contribution >= 4 is 21.9 Å². The number of para-hydroxylation sites is 1. The molecule has 1 aromatic rings. The van der Waals surface area contributed by atoms with E-state index in [9.17, 15) is 18.0 Å². The fourth-order valence-corrected chi connectivity index (χ4v) is 2.02. The van der Waals surface area contributed by atoms with Crippen LogP contribution >= 0.6 is 0 Å². The summed E-state index contributed by atoms with van der Waals surface area (Å²) in [6.07, 6.45) is -0.177. The maximum absolute atomic E-state index is 11.5. The molecule has 8 heteroatoms. The summed E-state index contributed by atoms with van der Waals surface area (Å²) in [5, 5.41) is 11.0. The molecule has 1 unspecified atom stereocenters. The molecule has 0 saturated heterocycles. The van der Waals surface area contributed by atoms with Gasteiger partial charge in [-0.25, -0.2) is 18.0 Å². The Bertz CT molecular complexity index is 569. The second-order valence-corrected chi connectivity index (χ2v) is 6.42. The number of aliphatic carboxylic acids is 1. The molecule has 110 valence electrons. The van der Waals surface area contributed by atoms with E-state index >= 15 is 0 Å². The van der Waals surface area contributed by atoms with Crippen molar-refractivity contribution in [1.29, 1.82) is 0 Å². The van der Waals surface area contributed by atoms with E-state index in [1.165, 1.54) is 12.1 Å². The fourth-order valence-electron chi connectivity index (χ4n) is 1.36. The molecule has 1 aromatic carbocycles. The van der Waals surface area contributed by atoms with Crippen molar-refractivity contribution in [3.05, 3.63) is 30.3 Å². The summed E-state index contributed by atoms with van der Waals surface area (Å²) in [6.45, 7) is 0. The molecule has 0 heterocycles. The van der Waals surface area contributed by atoms with Crippen molar-refractivity contribution in [3.63, 3.8) is 0 Å². The Morgan fingerprint density at radius 1 is 1.30 bits per heavy atom. The van der Waals surface area contributed by atoms with Crippen LogP contribution in [-0.4, -0.2) is 43.6 Å². The molecule has 0 fully saturated rings. The number of carbonyl (C=O) groups excluding carboxylic acids is 1. The maximum Gasteiger partial charge on any atom is 0.413 e. The summed E-state index contributed by atoms with van der Waals surface area (Å²) in [5.74, 6) is -1.40. The van der Waals surface area contributed by atoms with Crippen LogP contribution < -0.4 is 10.1 Å². The molecule has 2 N–H and O–H groups in total. The van der Waals surface area contributed by atoms with Gasteiger partial charge in [-0.2, -0.15) is 0 Å². The number of carboxylic acids is 1. The first-order valence-corrected chi connectivity index (χ1v) is 7.78. The van der Waals surface area contributed by atoms with Gasteiger partial charge in [-0.05, 0) is 18.6 Å². The van der Waals surface area contributed by atoms with Crippen molar-refractivity contribution < 1.29 is 27.9 Å². The van der Waals surface area contributed by atoms with Gasteiger partial charge in [0.05, 0.1) is 5.75 Å². The lowest BCUT2D eigenvalue weighted by molar-refractivity contribution is -0.139. The molecule has 1 amide bonds. The highest BCUT2D eigenvalue weighted by Crippen LogP contribution is 2.08. The normalized spacial score (nSPS) is 12.4. The summed E-state index contributed by atoms with van der Waals surface area (Å²) in [6, 6.07) is 6.79. The van der Waals surface area contributed by atoms with E-state index in [1.54, 1.807) is 18.2 Å². The monoisotopic (exact) mass is 301 g/mol. The van der Waals surface area contributed by atoms with E-state index in [1.807, 2.05) is 0 Å². The molecule has 1 atom stereocenters. The minimum absolute atomic E-state index is 0.224. The van der Waals surface area contributed by atoms with E-state index < -0.39 is 27.9 Å². The van der Waals surface area contributed by atoms with Gasteiger partial charge < -0.3 is 15.2 Å². The van der Waals surface area contributed by atoms with Crippen LogP contribution in [0.4, 0.5) is 4.79 Å². The molecule has 1 rings (SSSR count). The van der Waals surface area contributed by atoms with Gasteiger partial charge in [-0.3, -0.25) is 0 Å². The number of hydrogen-bond donors (Lipinski definition) is 2. The van der Waals surface area contributed by atoms with Crippen LogP contribution in [0.1, 0.15) is 6.42 Å². The van der Waals surface area contributed by atoms with E-state index in [0.717, 1.165) is 6.26 Å². The average molecular weight is 301 g/mol. The second kappa shape index (κ2) is 6.90. The van der Waals surface area contributed by atoms with Gasteiger partial charge in [0, 0.05) is 6.26 Å². The summed E-state index contributed by atoms with van der Waals surface area (Å²) >= 11 is 0. The Morgan fingerprint density at radius 3 is 2.40 bits per heavy atom. The molecule has 0 bridgehead atoms. The summed E-state index contributed by atoms with van der Waals surface area (Å²) < 4.78 is 26.9. The van der Waals surface area contributed by atoms with Gasteiger partial charge in [0.1, 0.15) is 21.6 Å². The number of carboxylic acid groups (broad SMARTS) is 1. The molecule has 0 radical (unpaired) electrons. The molecular formula is C12H15NO6S. The minimum Gasteiger partial charge on any atom is -0.480 e. The smallest absolute Gasteiger partial charge is 0.413 e. The lowest BCUT2D eigenvalue weighted by Crippen LogP contribution is -2.43. The van der Waals surface area contributed by atoms with Gasteiger partial charge in [-0.15, -0.1) is 0 Å². The summed E-state index contributed by atoms with van der Waals surface area (Å²) in [7, 11) is -3.30. The Kier molecular flexibility index (Phi) is 5.51. The van der Waals surface area contributed by atoms with Gasteiger partial charge >= 0.3 is 12.1 Å². The SMILES string of the molecule is CS(=O)(=O)CCC(NC(=O)Oc1ccccc1)C(=O)O. The first-order valence-electron chi connectivity index (χ1n) is 5.72. The van der Waals surface area contributed by atoms with Crippen LogP contribution in [0, 0.1) is 0 Å². The topological polar surface area (TPSA) is 110 Å². The van der Waals surface area contributed by atoms with Crippen LogP contribution in [0.3, 0.4) is 0 Å². The van der Waals surface area contributed by atoms with Crippen LogP contribution in [0.5, 0.6) is 5.75 Å². The summed E-state index contributed by atoms with van der Waals surface area (Å²) in [4.78, 5) is 22.4. The highest BCUT2D eigenvalue weighted by Gasteiger charge is 2.22. The van der Waals surface area contributed by atoms with Gasteiger partial charge in [0.15, 0.2) is 0 Å². The van der Waals surface area contributed by atoms with E-state index in [4.69, 9.17) is 9.84 Å². The Morgan fingerprint density at radius 2 is 1.90 bits per heavy atom. The molecule has 0 saturated carbocycles. The molecule has 20 heavy (non-hydrogen) atoms. The van der Waals surface area contributed by atoms with Gasteiger partial charge in [-0.1, -0.05) is 18.2 Å². The Hall–Kier alpha value is -2.09. The lowest BCUT2D eigenvalue weighted by atomic mass is 10.2. The third-order valence-electron chi connectivity index (χ3n) is 2.32. The molecule has 0 aliphatic carbocycles. The van der Waals surface area contributed by atoms with Crippen molar-refractivity contribution in [2.24, 2.45) is 0 Å². The quantitative estimate of drug-likeness (QED) is 0.799. The highest BCUT2D eigenvalue weighted by atomic mass is 32.2. The fraction of sp³-hybridized carbons (Fsp3) is 0.333. The number of carbonyl (C=O) groups is 2. The standard InChI is InChI=1S/C12H15NO6S/c1-20(17,18)8-7-10(11(14)15)13-12(16)19-9-5-3-2-4-6-9/h2-6,10H,7-8H2,1H3,(H,13,16)(H,14,15). The third kappa shape index (κ3) is 6.19. The number of nitrogens with one attached hydrogen (secondary N) is 1. The summed E-state index contributed by atoms with van der Waals surface area (Å²) in [5.41, 5.74) is 0. The van der Waals surface area contributed by atoms with E-state index in [0.29, 0.717) is 0 Å². The molecule has 0 aliphatic rings. The van der Waals surface area contributed by atoms with E-state index in [-0.39, 0.29) is 17.9 Å². The highest BCUT2D eigenvalue weighted by molar-refractivity contribution is 7.90. The number of amides is 1. The number of hydrogen-bond acceptors (Lipinski definition) is 5. The molecule has 7 nitrogen and oxygen atoms in total. The number of rotatable bonds is 6. The molecule has 0 aromatic heterocycles. The minimum atomic E-state index is -3.30. The van der Waals surface area contributed by atoms with Crippen molar-refractivity contribution in [1.82, 2.24) is 5.32 Å². The van der Waals surface area contributed by atoms with E-state index in [2.05, 4.69) is 5.32 Å². The molecule has 0 aliphatic heterocycles. The third-order valence-corrected chi connectivity index (χ3v) is 3.30. The Balaban J connectivity index is 2.57. The zero-order valence-corrected chi connectivity index (χ0v) is 11.6. The number of sulfone groups is 1. The zero-order valence-electron chi connectivity index (χ0n) is 10.8. The first-order chi connectivity index (χ1) is 9.28. The lowest BCUT2D eigenvalue weighted by Gasteiger charge is -2.13. The largest absolute Gasteiger partial charge is 0.480 e. The van der Waals surface area contributed by atoms with Crippen LogP contribution in [0.25, 0.3) is 0 Å². The van der Waals surface area contributed by atoms with Crippen molar-refractivity contribution in [2.45, 2.75) is 12.5 Å². The molecular weight excluding hydrogens is 286 g/mol. The molecule has 0 spiro atoms. The predicted molar refractivity (Wildman–Crippen MR) is 71.4 cm³/mol. The van der Waals surface area contributed by atoms with Gasteiger partial charge in [0.25, 0.3) is 0 Å². The Labute approximate surface area is 116 Å². The predicted octanol–water partition coefficient (Wildman–Crippen LogP) is 0.663. The van der Waals surface area contributed by atoms with Gasteiger partial charge in [0.2, 0.25) is 0 Å². The second-order valence-electron chi connectivity index (χ2n) is 4.16. The van der Waals surface area contributed by atoms with Crippen LogP contribution in [0.2, 0.25) is 0 Å². The van der Waals surface area contributed by atoms with Crippen molar-refractivity contribution in [3.8, 4) is 5.75 Å². The first kappa shape index (κ1) is 16.0. The number of ether oxygens (including phenoxy) is 1. The number of benzene rings is 1. The van der Waals surface area contributed by atoms with Crippen LogP contribution in [0.15, 0.2) is 30.3 Å².